The standard InChI is InChI=1S/C35H49N2O5P/c1-8-11-17-24(6)37-34(41)27(33(28(38)15-9-2)29(39)16-10-3)21-30(40)31-22(4)20-23(5)32(25(31)7)35(42)43(36)26-18-13-12-14-19-26/h12-14,18-20,24,27,33H,8-11,15-17,21,36H2,1-7H3,(H,37,41). The van der Waals surface area contributed by atoms with E-state index >= 15 is 0 Å². The van der Waals surface area contributed by atoms with Crippen LogP contribution in [0.15, 0.2) is 36.4 Å². The zero-order valence-electron chi connectivity index (χ0n) is 26.9. The molecule has 0 aromatic heterocycles. The maximum Gasteiger partial charge on any atom is 0.224 e. The summed E-state index contributed by atoms with van der Waals surface area (Å²) in [5.41, 5.74) is 8.84. The summed E-state index contributed by atoms with van der Waals surface area (Å²) >= 11 is 0. The first-order chi connectivity index (χ1) is 20.4. The number of benzene rings is 2. The number of aryl methyl sites for hydroxylation is 2. The van der Waals surface area contributed by atoms with Crippen molar-refractivity contribution in [3.05, 3.63) is 64.2 Å². The van der Waals surface area contributed by atoms with Crippen LogP contribution >= 0.6 is 8.07 Å². The molecule has 7 nitrogen and oxygen atoms in total. The molecule has 3 unspecified atom stereocenters. The molecule has 234 valence electrons. The Kier molecular flexibility index (Phi) is 14.6. The third kappa shape index (κ3) is 9.48. The normalized spacial score (nSPS) is 13.3. The predicted molar refractivity (Wildman–Crippen MR) is 175 cm³/mol. The van der Waals surface area contributed by atoms with Crippen molar-refractivity contribution in [3.63, 3.8) is 0 Å². The van der Waals surface area contributed by atoms with Gasteiger partial charge in [-0.05, 0) is 69.0 Å². The molecule has 8 heteroatoms. The van der Waals surface area contributed by atoms with Crippen molar-refractivity contribution in [2.75, 3.05) is 0 Å². The molecule has 0 heterocycles. The highest BCUT2D eigenvalue weighted by Crippen LogP contribution is 2.36. The minimum absolute atomic E-state index is 0.157. The number of carbonyl (C=O) groups is 5. The minimum Gasteiger partial charge on any atom is -0.353 e. The lowest BCUT2D eigenvalue weighted by Gasteiger charge is -2.27. The Balaban J connectivity index is 2.58. The van der Waals surface area contributed by atoms with Gasteiger partial charge in [-0.15, -0.1) is 0 Å². The Morgan fingerprint density at radius 1 is 0.837 bits per heavy atom. The number of nitrogens with one attached hydrogen (secondary N) is 1. The number of carbonyl (C=O) groups excluding carboxylic acids is 5. The van der Waals surface area contributed by atoms with E-state index in [0.717, 1.165) is 30.1 Å². The molecule has 3 N–H and O–H groups in total. The lowest BCUT2D eigenvalue weighted by Crippen LogP contribution is -2.45. The summed E-state index contributed by atoms with van der Waals surface area (Å²) < 4.78 is 0. The fourth-order valence-corrected chi connectivity index (χ4v) is 7.11. The number of Topliss-reactive ketones (excluding diaryl/α,β-unsaturated/α-hetero) is 3. The number of ketones is 3. The molecule has 0 saturated heterocycles. The molecule has 2 aromatic carbocycles. The zero-order valence-corrected chi connectivity index (χ0v) is 27.8. The second-order valence-corrected chi connectivity index (χ2v) is 13.3. The van der Waals surface area contributed by atoms with Gasteiger partial charge < -0.3 is 5.32 Å². The summed E-state index contributed by atoms with van der Waals surface area (Å²) in [6, 6.07) is 10.8. The van der Waals surface area contributed by atoms with Gasteiger partial charge in [0, 0.05) is 36.4 Å². The summed E-state index contributed by atoms with van der Waals surface area (Å²) in [6.07, 6.45) is 3.72. The van der Waals surface area contributed by atoms with Crippen molar-refractivity contribution in [3.8, 4) is 0 Å². The fraction of sp³-hybridized carbons (Fsp3) is 0.514. The Hall–Kier alpha value is -3.02. The minimum atomic E-state index is -1.67. The molecule has 0 fully saturated rings. The van der Waals surface area contributed by atoms with E-state index in [9.17, 15) is 24.0 Å². The van der Waals surface area contributed by atoms with Gasteiger partial charge in [0.25, 0.3) is 0 Å². The van der Waals surface area contributed by atoms with Crippen LogP contribution < -0.4 is 16.1 Å². The third-order valence-corrected chi connectivity index (χ3v) is 9.44. The van der Waals surface area contributed by atoms with Gasteiger partial charge in [-0.2, -0.15) is 0 Å². The van der Waals surface area contributed by atoms with Gasteiger partial charge in [-0.1, -0.05) is 70.0 Å². The Morgan fingerprint density at radius 2 is 1.40 bits per heavy atom. The first kappa shape index (κ1) is 36.2. The zero-order chi connectivity index (χ0) is 32.3. The van der Waals surface area contributed by atoms with E-state index in [1.807, 2.05) is 58.0 Å². The monoisotopic (exact) mass is 608 g/mol. The van der Waals surface area contributed by atoms with E-state index in [1.165, 1.54) is 0 Å². The summed E-state index contributed by atoms with van der Waals surface area (Å²) in [5, 5.41) is 3.72. The molecule has 1 amide bonds. The smallest absolute Gasteiger partial charge is 0.224 e. The molecular weight excluding hydrogens is 559 g/mol. The molecule has 0 radical (unpaired) electrons. The molecule has 0 bridgehead atoms. The molecule has 0 aliphatic heterocycles. The first-order valence-corrected chi connectivity index (χ1v) is 16.9. The SMILES string of the molecule is CCCCC(C)NC(=O)C(CC(=O)c1c(C)cc(C)c(C(=O)P(N)c2ccccc2)c1C)C(C(=O)CCC)C(=O)CCC. The van der Waals surface area contributed by atoms with E-state index < -0.39 is 25.8 Å². The first-order valence-electron chi connectivity index (χ1n) is 15.5. The van der Waals surface area contributed by atoms with E-state index in [1.54, 1.807) is 19.9 Å². The number of rotatable bonds is 18. The summed E-state index contributed by atoms with van der Waals surface area (Å²) in [7, 11) is -1.67. The number of unbranched alkanes of at least 4 members (excludes halogenated alkanes) is 1. The predicted octanol–water partition coefficient (Wildman–Crippen LogP) is 6.67. The maximum atomic E-state index is 14.1. The van der Waals surface area contributed by atoms with Crippen molar-refractivity contribution in [1.29, 1.82) is 0 Å². The van der Waals surface area contributed by atoms with Gasteiger partial charge in [0.2, 0.25) is 11.4 Å². The van der Waals surface area contributed by atoms with Crippen LogP contribution in [-0.4, -0.2) is 34.8 Å². The largest absolute Gasteiger partial charge is 0.353 e. The van der Waals surface area contributed by atoms with Crippen molar-refractivity contribution in [2.45, 2.75) is 106 Å². The lowest BCUT2D eigenvalue weighted by atomic mass is 9.77. The van der Waals surface area contributed by atoms with E-state index in [4.69, 9.17) is 5.50 Å². The van der Waals surface area contributed by atoms with Gasteiger partial charge >= 0.3 is 0 Å². The highest BCUT2D eigenvalue weighted by Gasteiger charge is 2.40. The average Bonchev–Trinajstić information content (AvgIpc) is 2.95. The molecule has 0 aliphatic rings. The third-order valence-electron chi connectivity index (χ3n) is 7.93. The molecule has 3 atom stereocenters. The van der Waals surface area contributed by atoms with Crippen LogP contribution in [0.3, 0.4) is 0 Å². The second kappa shape index (κ2) is 17.3. The van der Waals surface area contributed by atoms with Crippen molar-refractivity contribution in [2.24, 2.45) is 17.3 Å². The molecule has 2 aromatic rings. The Morgan fingerprint density at radius 3 is 1.93 bits per heavy atom. The van der Waals surface area contributed by atoms with Crippen LogP contribution in [0.4, 0.5) is 0 Å². The Bertz CT molecular complexity index is 1290. The summed E-state index contributed by atoms with van der Waals surface area (Å²) in [5.74, 6) is -3.76. The van der Waals surface area contributed by atoms with Gasteiger partial charge in [0.1, 0.15) is 11.6 Å². The van der Waals surface area contributed by atoms with E-state index in [-0.39, 0.29) is 48.2 Å². The van der Waals surface area contributed by atoms with Crippen LogP contribution in [0.5, 0.6) is 0 Å². The van der Waals surface area contributed by atoms with Crippen molar-refractivity contribution < 1.29 is 24.0 Å². The average molecular weight is 609 g/mol. The maximum absolute atomic E-state index is 14.1. The lowest BCUT2D eigenvalue weighted by molar-refractivity contribution is -0.141. The molecule has 0 saturated carbocycles. The fourth-order valence-electron chi connectivity index (χ4n) is 5.80. The topological polar surface area (TPSA) is 123 Å². The number of hydrogen-bond donors (Lipinski definition) is 2. The van der Waals surface area contributed by atoms with Crippen molar-refractivity contribution in [1.82, 2.24) is 5.32 Å². The molecule has 43 heavy (non-hydrogen) atoms. The van der Waals surface area contributed by atoms with E-state index in [2.05, 4.69) is 12.2 Å². The Labute approximate surface area is 258 Å². The van der Waals surface area contributed by atoms with Gasteiger partial charge in [-0.25, -0.2) is 0 Å². The highest BCUT2D eigenvalue weighted by molar-refractivity contribution is 7.80. The van der Waals surface area contributed by atoms with Gasteiger partial charge in [-0.3, -0.25) is 29.5 Å². The van der Waals surface area contributed by atoms with Crippen molar-refractivity contribution >= 4 is 42.2 Å². The number of nitrogens with two attached hydrogens (primary N) is 1. The number of amides is 1. The van der Waals surface area contributed by atoms with Crippen LogP contribution in [-0.2, 0) is 14.4 Å². The van der Waals surface area contributed by atoms with E-state index in [0.29, 0.717) is 35.1 Å². The summed E-state index contributed by atoms with van der Waals surface area (Å²) in [6.45, 7) is 13.0. The van der Waals surface area contributed by atoms with Crippen LogP contribution in [0, 0.1) is 32.6 Å². The van der Waals surface area contributed by atoms with Crippen LogP contribution in [0.1, 0.15) is 116 Å². The molecule has 0 aliphatic carbocycles. The molecular formula is C35H49N2O5P. The number of hydrogen-bond acceptors (Lipinski definition) is 6. The second-order valence-electron chi connectivity index (χ2n) is 11.6. The van der Waals surface area contributed by atoms with Crippen LogP contribution in [0.2, 0.25) is 0 Å². The molecule has 2 rings (SSSR count). The van der Waals surface area contributed by atoms with Gasteiger partial charge in [0.05, 0.1) is 19.9 Å². The highest BCUT2D eigenvalue weighted by atomic mass is 31.1. The summed E-state index contributed by atoms with van der Waals surface area (Å²) in [4.78, 5) is 68.2. The molecule has 0 spiro atoms. The quantitative estimate of drug-likeness (QED) is 0.111. The van der Waals surface area contributed by atoms with Gasteiger partial charge in [0.15, 0.2) is 5.78 Å². The van der Waals surface area contributed by atoms with Crippen LogP contribution in [0.25, 0.3) is 0 Å².